The van der Waals surface area contributed by atoms with E-state index < -0.39 is 0 Å². The zero-order chi connectivity index (χ0) is 6.85. The molecule has 1 aliphatic rings. The molecular weight excluding hydrogens is 136 g/mol. The van der Waals surface area contributed by atoms with E-state index in [1.54, 1.807) is 0 Å². The molecule has 0 radical (unpaired) electrons. The minimum atomic E-state index is 0.176. The molecule has 0 aliphatic carbocycles. The SMILES string of the molecule is CC(Cl)[C@@H]1CC[C@@H](C)O1. The predicted octanol–water partition coefficient (Wildman–Crippen LogP) is 2.18. The number of rotatable bonds is 1. The molecule has 1 rings (SSSR count). The number of alkyl halides is 1. The highest BCUT2D eigenvalue weighted by atomic mass is 35.5. The maximum atomic E-state index is 5.82. The van der Waals surface area contributed by atoms with E-state index in [1.807, 2.05) is 6.92 Å². The van der Waals surface area contributed by atoms with Crippen LogP contribution in [0.5, 0.6) is 0 Å². The summed E-state index contributed by atoms with van der Waals surface area (Å²) in [6, 6.07) is 0. The Hall–Kier alpha value is 0.250. The second kappa shape index (κ2) is 2.89. The van der Waals surface area contributed by atoms with Crippen molar-refractivity contribution >= 4 is 11.6 Å². The molecule has 1 fully saturated rings. The average molecular weight is 149 g/mol. The summed E-state index contributed by atoms with van der Waals surface area (Å²) < 4.78 is 5.49. The van der Waals surface area contributed by atoms with Gasteiger partial charge in [-0.05, 0) is 26.7 Å². The number of hydrogen-bond acceptors (Lipinski definition) is 1. The van der Waals surface area contributed by atoms with E-state index in [9.17, 15) is 0 Å². The fourth-order valence-electron chi connectivity index (χ4n) is 1.17. The van der Waals surface area contributed by atoms with Crippen molar-refractivity contribution in [3.8, 4) is 0 Å². The van der Waals surface area contributed by atoms with Crippen molar-refractivity contribution in [3.63, 3.8) is 0 Å². The largest absolute Gasteiger partial charge is 0.374 e. The summed E-state index contributed by atoms with van der Waals surface area (Å²) in [7, 11) is 0. The fourth-order valence-corrected chi connectivity index (χ4v) is 1.36. The molecule has 2 heteroatoms. The van der Waals surface area contributed by atoms with E-state index in [0.29, 0.717) is 12.2 Å². The zero-order valence-corrected chi connectivity index (χ0v) is 6.69. The van der Waals surface area contributed by atoms with Crippen LogP contribution in [0.15, 0.2) is 0 Å². The summed E-state index contributed by atoms with van der Waals surface area (Å²) in [5, 5.41) is 0.176. The first-order valence-corrected chi connectivity index (χ1v) is 3.93. The van der Waals surface area contributed by atoms with Gasteiger partial charge >= 0.3 is 0 Å². The van der Waals surface area contributed by atoms with Gasteiger partial charge in [0.1, 0.15) is 0 Å². The van der Waals surface area contributed by atoms with E-state index in [0.717, 1.165) is 6.42 Å². The van der Waals surface area contributed by atoms with Gasteiger partial charge in [-0.1, -0.05) is 0 Å². The Labute approximate surface area is 61.3 Å². The molecule has 9 heavy (non-hydrogen) atoms. The lowest BCUT2D eigenvalue weighted by Gasteiger charge is -2.11. The smallest absolute Gasteiger partial charge is 0.0740 e. The van der Waals surface area contributed by atoms with Crippen LogP contribution in [0.3, 0.4) is 0 Å². The van der Waals surface area contributed by atoms with E-state index in [-0.39, 0.29) is 5.38 Å². The van der Waals surface area contributed by atoms with Gasteiger partial charge in [0.15, 0.2) is 0 Å². The van der Waals surface area contributed by atoms with Crippen molar-refractivity contribution in [2.24, 2.45) is 0 Å². The Morgan fingerprint density at radius 3 is 2.44 bits per heavy atom. The van der Waals surface area contributed by atoms with Gasteiger partial charge in [0.2, 0.25) is 0 Å². The third-order valence-corrected chi connectivity index (χ3v) is 2.06. The number of hydrogen-bond donors (Lipinski definition) is 0. The summed E-state index contributed by atoms with van der Waals surface area (Å²) >= 11 is 5.82. The summed E-state index contributed by atoms with van der Waals surface area (Å²) in [6.45, 7) is 4.09. The van der Waals surface area contributed by atoms with Crippen molar-refractivity contribution in [1.82, 2.24) is 0 Å². The lowest BCUT2D eigenvalue weighted by atomic mass is 10.2. The molecule has 3 atom stereocenters. The Balaban J connectivity index is 2.30. The van der Waals surface area contributed by atoms with Gasteiger partial charge in [-0.2, -0.15) is 0 Å². The highest BCUT2D eigenvalue weighted by Gasteiger charge is 2.25. The molecule has 0 aromatic rings. The zero-order valence-electron chi connectivity index (χ0n) is 5.93. The quantitative estimate of drug-likeness (QED) is 0.518. The molecule has 0 saturated carbocycles. The van der Waals surface area contributed by atoms with Crippen LogP contribution in [0, 0.1) is 0 Å². The minimum absolute atomic E-state index is 0.176. The van der Waals surface area contributed by atoms with Crippen molar-refractivity contribution < 1.29 is 4.74 Å². The Morgan fingerprint density at radius 1 is 1.56 bits per heavy atom. The topological polar surface area (TPSA) is 9.23 Å². The molecule has 1 nitrogen and oxygen atoms in total. The van der Waals surface area contributed by atoms with Gasteiger partial charge in [-0.15, -0.1) is 11.6 Å². The summed E-state index contributed by atoms with van der Waals surface area (Å²) in [4.78, 5) is 0. The third-order valence-electron chi connectivity index (χ3n) is 1.78. The molecule has 0 bridgehead atoms. The highest BCUT2D eigenvalue weighted by molar-refractivity contribution is 6.20. The molecule has 54 valence electrons. The summed E-state index contributed by atoms with van der Waals surface area (Å²) in [5.74, 6) is 0. The van der Waals surface area contributed by atoms with Crippen LogP contribution in [0.25, 0.3) is 0 Å². The van der Waals surface area contributed by atoms with Gasteiger partial charge in [-0.25, -0.2) is 0 Å². The van der Waals surface area contributed by atoms with Crippen LogP contribution in [0.1, 0.15) is 26.7 Å². The average Bonchev–Trinajstić information content (AvgIpc) is 2.14. The first-order chi connectivity index (χ1) is 4.20. The minimum Gasteiger partial charge on any atom is -0.374 e. The van der Waals surface area contributed by atoms with Crippen molar-refractivity contribution in [3.05, 3.63) is 0 Å². The predicted molar refractivity (Wildman–Crippen MR) is 38.9 cm³/mol. The van der Waals surface area contributed by atoms with Gasteiger partial charge in [0.25, 0.3) is 0 Å². The van der Waals surface area contributed by atoms with Gasteiger partial charge in [0, 0.05) is 0 Å². The normalized spacial score (nSPS) is 39.0. The second-order valence-electron chi connectivity index (χ2n) is 2.74. The third kappa shape index (κ3) is 1.84. The maximum absolute atomic E-state index is 5.82. The van der Waals surface area contributed by atoms with E-state index in [2.05, 4.69) is 6.92 Å². The second-order valence-corrected chi connectivity index (χ2v) is 3.43. The molecule has 1 unspecified atom stereocenters. The van der Waals surface area contributed by atoms with Crippen LogP contribution in [-0.4, -0.2) is 17.6 Å². The molecule has 1 saturated heterocycles. The van der Waals surface area contributed by atoms with E-state index in [4.69, 9.17) is 16.3 Å². The summed E-state index contributed by atoms with van der Waals surface area (Å²) in [5.41, 5.74) is 0. The Morgan fingerprint density at radius 2 is 2.22 bits per heavy atom. The lowest BCUT2D eigenvalue weighted by molar-refractivity contribution is 0.0561. The molecule has 0 N–H and O–H groups in total. The van der Waals surface area contributed by atoms with Crippen molar-refractivity contribution in [1.29, 1.82) is 0 Å². The van der Waals surface area contributed by atoms with E-state index >= 15 is 0 Å². The first kappa shape index (κ1) is 7.36. The molecule has 0 aromatic heterocycles. The van der Waals surface area contributed by atoms with Crippen molar-refractivity contribution in [2.45, 2.75) is 44.3 Å². The number of halogens is 1. The van der Waals surface area contributed by atoms with Crippen LogP contribution >= 0.6 is 11.6 Å². The van der Waals surface area contributed by atoms with Gasteiger partial charge in [0.05, 0.1) is 17.6 Å². The van der Waals surface area contributed by atoms with Crippen LogP contribution in [0.2, 0.25) is 0 Å². The molecule has 1 aliphatic heterocycles. The first-order valence-electron chi connectivity index (χ1n) is 3.49. The van der Waals surface area contributed by atoms with Gasteiger partial charge < -0.3 is 4.74 Å². The van der Waals surface area contributed by atoms with Crippen LogP contribution in [-0.2, 0) is 4.74 Å². The fraction of sp³-hybridized carbons (Fsp3) is 1.00. The van der Waals surface area contributed by atoms with Gasteiger partial charge in [-0.3, -0.25) is 0 Å². The number of ether oxygens (including phenoxy) is 1. The molecular formula is C7H13ClO. The van der Waals surface area contributed by atoms with Crippen LogP contribution in [0.4, 0.5) is 0 Å². The molecule has 1 heterocycles. The maximum Gasteiger partial charge on any atom is 0.0740 e. The molecule has 0 spiro atoms. The monoisotopic (exact) mass is 148 g/mol. The summed E-state index contributed by atoms with van der Waals surface area (Å²) in [6.07, 6.45) is 3.03. The Bertz CT molecular complexity index is 92.9. The lowest BCUT2D eigenvalue weighted by Crippen LogP contribution is -2.17. The standard InChI is InChI=1S/C7H13ClO/c1-5-3-4-7(9-5)6(2)8/h5-7H,3-4H2,1-2H3/t5-,6?,7+/m1/s1. The highest BCUT2D eigenvalue weighted by Crippen LogP contribution is 2.23. The molecule has 0 aromatic carbocycles. The van der Waals surface area contributed by atoms with Crippen LogP contribution < -0.4 is 0 Å². The van der Waals surface area contributed by atoms with Crippen molar-refractivity contribution in [2.75, 3.05) is 0 Å². The Kier molecular flexibility index (Phi) is 2.36. The molecule has 0 amide bonds. The van der Waals surface area contributed by atoms with E-state index in [1.165, 1.54) is 6.42 Å².